The summed E-state index contributed by atoms with van der Waals surface area (Å²) in [6.07, 6.45) is 6.18. The number of amides is 2. The molecule has 0 radical (unpaired) electrons. The zero-order valence-corrected chi connectivity index (χ0v) is 24.5. The highest BCUT2D eigenvalue weighted by Crippen LogP contribution is 2.67. The summed E-state index contributed by atoms with van der Waals surface area (Å²) in [7, 11) is 0. The maximum absolute atomic E-state index is 14.7. The number of halogens is 1. The third kappa shape index (κ3) is 5.04. The van der Waals surface area contributed by atoms with Gasteiger partial charge in [0.1, 0.15) is 6.04 Å². The predicted octanol–water partition coefficient (Wildman–Crippen LogP) is 4.78. The number of benzene rings is 1. The van der Waals surface area contributed by atoms with Gasteiger partial charge in [-0.15, -0.1) is 24.9 Å². The molecule has 1 N–H and O–H groups in total. The maximum Gasteiger partial charge on any atom is 0.310 e. The van der Waals surface area contributed by atoms with Gasteiger partial charge in [0.25, 0.3) is 5.91 Å². The van der Waals surface area contributed by atoms with E-state index in [2.05, 4.69) is 13.2 Å². The fourth-order valence-electron chi connectivity index (χ4n) is 6.65. The van der Waals surface area contributed by atoms with Crippen molar-refractivity contribution in [3.05, 3.63) is 54.1 Å². The Hall–Kier alpha value is -2.29. The Bertz CT molecular complexity index is 1120. The number of hydrogen-bond donors (Lipinski definition) is 1. The van der Waals surface area contributed by atoms with Gasteiger partial charge in [0.15, 0.2) is 0 Å². The first-order valence-electron chi connectivity index (χ1n) is 13.7. The number of likely N-dealkylation sites (tertiary alicyclic amines) is 1. The van der Waals surface area contributed by atoms with Crippen LogP contribution in [-0.2, 0) is 19.1 Å². The standard InChI is InChI=1S/C30H39ClN2O5S/c1-6-8-9-16-38-29(37)23-22-13-14-30(39-22)24(23)27(35)33(21(17-34)18(3)4)26(30)28(36)32(15-7-2)25-19(5)11-10-12-20(25)31/h6-7,10-12,18,21-24,26,34H,1-2,8-9,13-17H2,3-5H3/t21-,22-,23+,24-,26?,30?/m0/s1. The SMILES string of the molecule is C=CCCCOC(=O)[C@@H]1[C@@H]2CCC3(S2)C(C(=O)N(CC=C)c2c(C)cccc2Cl)N([C@@H](CO)C(C)C)C(=O)[C@H]13. The minimum absolute atomic E-state index is 0.0927. The normalized spacial score (nSPS) is 27.9. The van der Waals surface area contributed by atoms with Crippen LogP contribution in [-0.4, -0.2) is 69.6 Å². The molecule has 3 aliphatic heterocycles. The lowest BCUT2D eigenvalue weighted by Crippen LogP contribution is -2.58. The second kappa shape index (κ2) is 12.1. The summed E-state index contributed by atoms with van der Waals surface area (Å²) in [4.78, 5) is 45.6. The summed E-state index contributed by atoms with van der Waals surface area (Å²) in [6.45, 7) is 13.5. The van der Waals surface area contributed by atoms with Gasteiger partial charge in [-0.3, -0.25) is 14.4 Å². The lowest BCUT2D eigenvalue weighted by molar-refractivity contribution is -0.154. The number of esters is 1. The number of aliphatic hydroxyl groups is 1. The third-order valence-electron chi connectivity index (χ3n) is 8.39. The van der Waals surface area contributed by atoms with E-state index in [1.807, 2.05) is 32.9 Å². The van der Waals surface area contributed by atoms with E-state index in [0.717, 1.165) is 18.4 Å². The first kappa shape index (κ1) is 29.7. The van der Waals surface area contributed by atoms with Crippen LogP contribution in [0, 0.1) is 24.7 Å². The first-order valence-corrected chi connectivity index (χ1v) is 15.0. The van der Waals surface area contributed by atoms with Gasteiger partial charge in [-0.25, -0.2) is 0 Å². The van der Waals surface area contributed by atoms with Crippen molar-refractivity contribution in [2.24, 2.45) is 17.8 Å². The fraction of sp³-hybridized carbons (Fsp3) is 0.567. The predicted molar refractivity (Wildman–Crippen MR) is 156 cm³/mol. The van der Waals surface area contributed by atoms with Gasteiger partial charge >= 0.3 is 5.97 Å². The Morgan fingerprint density at radius 1 is 1.33 bits per heavy atom. The minimum Gasteiger partial charge on any atom is -0.465 e. The molecule has 39 heavy (non-hydrogen) atoms. The average Bonchev–Trinajstić information content (AvgIpc) is 3.53. The third-order valence-corrected chi connectivity index (χ3v) is 10.6. The van der Waals surface area contributed by atoms with E-state index in [-0.39, 0.29) is 48.7 Å². The van der Waals surface area contributed by atoms with Gasteiger partial charge in [-0.1, -0.05) is 49.7 Å². The van der Waals surface area contributed by atoms with Crippen molar-refractivity contribution in [1.82, 2.24) is 4.90 Å². The molecule has 2 amide bonds. The summed E-state index contributed by atoms with van der Waals surface area (Å²) in [5.74, 6) is -2.31. The molecule has 0 aliphatic carbocycles. The second-order valence-corrected chi connectivity index (χ2v) is 13.0. The molecule has 2 bridgehead atoms. The van der Waals surface area contributed by atoms with E-state index in [4.69, 9.17) is 16.3 Å². The van der Waals surface area contributed by atoms with Crippen molar-refractivity contribution in [2.45, 2.75) is 68.5 Å². The van der Waals surface area contributed by atoms with Gasteiger partial charge in [0, 0.05) is 11.8 Å². The van der Waals surface area contributed by atoms with Crippen LogP contribution in [0.15, 0.2) is 43.5 Å². The Morgan fingerprint density at radius 2 is 2.08 bits per heavy atom. The monoisotopic (exact) mass is 574 g/mol. The number of allylic oxidation sites excluding steroid dienone is 1. The highest BCUT2D eigenvalue weighted by atomic mass is 35.5. The van der Waals surface area contributed by atoms with Gasteiger partial charge in [0.2, 0.25) is 5.91 Å². The molecule has 1 aromatic carbocycles. The Kier molecular flexibility index (Phi) is 9.19. The van der Waals surface area contributed by atoms with Crippen LogP contribution in [0.3, 0.4) is 0 Å². The van der Waals surface area contributed by atoms with Crippen molar-refractivity contribution in [3.63, 3.8) is 0 Å². The molecular weight excluding hydrogens is 536 g/mol. The van der Waals surface area contributed by atoms with Crippen LogP contribution in [0.25, 0.3) is 0 Å². The molecule has 1 spiro atoms. The topological polar surface area (TPSA) is 87.2 Å². The quantitative estimate of drug-likeness (QED) is 0.219. The maximum atomic E-state index is 14.7. The molecule has 0 saturated carbocycles. The summed E-state index contributed by atoms with van der Waals surface area (Å²) >= 11 is 8.20. The molecule has 7 nitrogen and oxygen atoms in total. The van der Waals surface area contributed by atoms with Crippen molar-refractivity contribution in [2.75, 3.05) is 24.7 Å². The number of rotatable bonds is 12. The molecule has 2 unspecified atom stereocenters. The summed E-state index contributed by atoms with van der Waals surface area (Å²) in [5.41, 5.74) is 1.41. The van der Waals surface area contributed by atoms with Crippen molar-refractivity contribution in [1.29, 1.82) is 0 Å². The van der Waals surface area contributed by atoms with Gasteiger partial charge < -0.3 is 19.6 Å². The Morgan fingerprint density at radius 3 is 2.69 bits per heavy atom. The number of anilines is 1. The number of ether oxygens (including phenoxy) is 1. The molecule has 212 valence electrons. The largest absolute Gasteiger partial charge is 0.465 e. The lowest BCUT2D eigenvalue weighted by Gasteiger charge is -2.41. The van der Waals surface area contributed by atoms with Crippen LogP contribution < -0.4 is 4.90 Å². The van der Waals surface area contributed by atoms with Gasteiger partial charge in [0.05, 0.1) is 46.5 Å². The van der Waals surface area contributed by atoms with Crippen LogP contribution in [0.1, 0.15) is 45.1 Å². The van der Waals surface area contributed by atoms with E-state index in [9.17, 15) is 19.5 Å². The summed E-state index contributed by atoms with van der Waals surface area (Å²) in [6, 6.07) is 4.03. The lowest BCUT2D eigenvalue weighted by atomic mass is 9.71. The number of para-hydroxylation sites is 1. The number of hydrogen-bond acceptors (Lipinski definition) is 6. The van der Waals surface area contributed by atoms with Crippen molar-refractivity contribution < 1.29 is 24.2 Å². The molecule has 3 saturated heterocycles. The number of aryl methyl sites for hydroxylation is 1. The highest BCUT2D eigenvalue weighted by Gasteiger charge is 2.75. The Balaban J connectivity index is 1.79. The fourth-order valence-corrected chi connectivity index (χ4v) is 9.16. The van der Waals surface area contributed by atoms with Crippen LogP contribution in [0.2, 0.25) is 5.02 Å². The molecule has 9 heteroatoms. The molecule has 6 atom stereocenters. The number of unbranched alkanes of at least 4 members (excludes halogenated alkanes) is 1. The zero-order valence-electron chi connectivity index (χ0n) is 23.0. The molecule has 1 aromatic rings. The van der Waals surface area contributed by atoms with Crippen LogP contribution >= 0.6 is 23.4 Å². The second-order valence-electron chi connectivity index (χ2n) is 11.0. The van der Waals surface area contributed by atoms with E-state index < -0.39 is 28.7 Å². The molecule has 4 rings (SSSR count). The summed E-state index contributed by atoms with van der Waals surface area (Å²) in [5, 5.41) is 10.8. The number of aliphatic hydroxyl groups excluding tert-OH is 1. The zero-order chi connectivity index (χ0) is 28.5. The van der Waals surface area contributed by atoms with Crippen LogP contribution in [0.5, 0.6) is 0 Å². The van der Waals surface area contributed by atoms with Gasteiger partial charge in [-0.2, -0.15) is 0 Å². The number of thioether (sulfide) groups is 1. The van der Waals surface area contributed by atoms with Crippen molar-refractivity contribution in [3.8, 4) is 0 Å². The van der Waals surface area contributed by atoms with E-state index in [0.29, 0.717) is 23.6 Å². The Labute approximate surface area is 240 Å². The highest BCUT2D eigenvalue weighted by molar-refractivity contribution is 8.02. The van der Waals surface area contributed by atoms with Gasteiger partial charge in [-0.05, 0) is 50.2 Å². The minimum atomic E-state index is -0.862. The summed E-state index contributed by atoms with van der Waals surface area (Å²) < 4.78 is 4.85. The number of fused-ring (bicyclic) bond motifs is 1. The molecule has 3 aliphatic rings. The smallest absolute Gasteiger partial charge is 0.310 e. The van der Waals surface area contributed by atoms with E-state index >= 15 is 0 Å². The average molecular weight is 575 g/mol. The number of carbonyl (C=O) groups is 3. The van der Waals surface area contributed by atoms with E-state index in [1.165, 1.54) is 0 Å². The van der Waals surface area contributed by atoms with Crippen molar-refractivity contribution >= 4 is 46.8 Å². The number of nitrogens with zero attached hydrogens (tertiary/aromatic N) is 2. The first-order chi connectivity index (χ1) is 18.6. The number of carbonyl (C=O) groups excluding carboxylic acids is 3. The molecule has 3 fully saturated rings. The molecular formula is C30H39ClN2O5S. The van der Waals surface area contributed by atoms with Crippen LogP contribution in [0.4, 0.5) is 5.69 Å². The molecule has 3 heterocycles. The molecule has 0 aromatic heterocycles. The van der Waals surface area contributed by atoms with E-state index in [1.54, 1.807) is 39.8 Å².